The molecule has 1 aromatic rings. The van der Waals surface area contributed by atoms with Crippen molar-refractivity contribution in [3.05, 3.63) is 34.6 Å². The van der Waals surface area contributed by atoms with Gasteiger partial charge in [0.15, 0.2) is 0 Å². The number of ether oxygens (including phenoxy) is 1. The minimum Gasteiger partial charge on any atom is -0.376 e. The molecule has 4 atom stereocenters. The molecule has 0 bridgehead atoms. The molecule has 2 aliphatic rings. The molecule has 2 fully saturated rings. The van der Waals surface area contributed by atoms with Crippen LogP contribution in [-0.4, -0.2) is 30.7 Å². The van der Waals surface area contributed by atoms with Gasteiger partial charge in [-0.1, -0.05) is 11.6 Å². The Bertz CT molecular complexity index is 540. The minimum absolute atomic E-state index is 0.0121. The van der Waals surface area contributed by atoms with Crippen molar-refractivity contribution in [2.45, 2.75) is 31.0 Å². The second-order valence-electron chi connectivity index (χ2n) is 5.34. The molecule has 0 spiro atoms. The fourth-order valence-corrected chi connectivity index (χ4v) is 3.28. The molecule has 1 saturated heterocycles. The number of carbonyl (C=O) groups is 1. The van der Waals surface area contributed by atoms with E-state index in [4.69, 9.17) is 22.1 Å². The van der Waals surface area contributed by atoms with Crippen molar-refractivity contribution in [2.24, 2.45) is 11.7 Å². The number of carbonyl (C=O) groups excluding carboxylic acids is 1. The molecule has 4 nitrogen and oxygen atoms in total. The molecule has 1 saturated carbocycles. The van der Waals surface area contributed by atoms with E-state index in [-0.39, 0.29) is 34.7 Å². The van der Waals surface area contributed by atoms with Gasteiger partial charge in [-0.3, -0.25) is 4.79 Å². The number of hydrogen-bond donors (Lipinski definition) is 2. The summed E-state index contributed by atoms with van der Waals surface area (Å²) in [7, 11) is 0. The highest BCUT2D eigenvalue weighted by Crippen LogP contribution is 2.37. The van der Waals surface area contributed by atoms with Crippen LogP contribution in [0.4, 0.5) is 4.39 Å². The van der Waals surface area contributed by atoms with Gasteiger partial charge in [0.25, 0.3) is 5.91 Å². The molecule has 1 amide bonds. The summed E-state index contributed by atoms with van der Waals surface area (Å²) < 4.78 is 18.6. The molecule has 0 radical (unpaired) electrons. The summed E-state index contributed by atoms with van der Waals surface area (Å²) in [6, 6.07) is 3.41. The maximum atomic E-state index is 13.0. The molecule has 3 N–H and O–H groups in total. The van der Waals surface area contributed by atoms with Crippen LogP contribution in [0.2, 0.25) is 5.02 Å². The normalized spacial score (nSPS) is 32.1. The first-order valence-electron chi connectivity index (χ1n) is 6.71. The zero-order valence-corrected chi connectivity index (χ0v) is 11.6. The minimum atomic E-state index is -0.470. The van der Waals surface area contributed by atoms with Crippen LogP contribution in [0, 0.1) is 11.7 Å². The number of benzene rings is 1. The second kappa shape index (κ2) is 5.31. The standard InChI is InChI=1S/C14H16ClFN2O2/c15-10-6-7(16)3-4-8(10)14(19)18-12-11(17)9-2-1-5-20-13(9)12/h3-4,6,9,11-13H,1-2,5,17H2,(H,18,19). The Hall–Kier alpha value is -1.17. The van der Waals surface area contributed by atoms with E-state index in [1.807, 2.05) is 0 Å². The number of halogens is 2. The van der Waals surface area contributed by atoms with Crippen LogP contribution in [-0.2, 0) is 4.74 Å². The van der Waals surface area contributed by atoms with E-state index in [1.165, 1.54) is 12.1 Å². The van der Waals surface area contributed by atoms with Crippen molar-refractivity contribution in [3.63, 3.8) is 0 Å². The number of rotatable bonds is 2. The second-order valence-corrected chi connectivity index (χ2v) is 5.75. The molecule has 1 aromatic carbocycles. The molecular weight excluding hydrogens is 283 g/mol. The zero-order valence-electron chi connectivity index (χ0n) is 10.8. The SMILES string of the molecule is NC1C2CCCOC2C1NC(=O)c1ccc(F)cc1Cl. The van der Waals surface area contributed by atoms with Gasteiger partial charge in [0.1, 0.15) is 5.82 Å². The monoisotopic (exact) mass is 298 g/mol. The van der Waals surface area contributed by atoms with Gasteiger partial charge in [-0.05, 0) is 31.0 Å². The average molecular weight is 299 g/mol. The number of amides is 1. The van der Waals surface area contributed by atoms with Gasteiger partial charge in [0, 0.05) is 18.6 Å². The lowest BCUT2D eigenvalue weighted by Crippen LogP contribution is -2.72. The molecule has 0 aromatic heterocycles. The summed E-state index contributed by atoms with van der Waals surface area (Å²) in [4.78, 5) is 12.2. The average Bonchev–Trinajstić information content (AvgIpc) is 2.44. The number of hydrogen-bond acceptors (Lipinski definition) is 3. The smallest absolute Gasteiger partial charge is 0.253 e. The number of nitrogens with one attached hydrogen (secondary N) is 1. The maximum Gasteiger partial charge on any atom is 0.253 e. The molecule has 1 heterocycles. The topological polar surface area (TPSA) is 64.3 Å². The quantitative estimate of drug-likeness (QED) is 0.874. The van der Waals surface area contributed by atoms with Gasteiger partial charge >= 0.3 is 0 Å². The number of nitrogens with two attached hydrogens (primary N) is 1. The summed E-state index contributed by atoms with van der Waals surface area (Å²) in [5.74, 6) is -0.497. The van der Waals surface area contributed by atoms with Crippen molar-refractivity contribution in [1.29, 1.82) is 0 Å². The molecule has 6 heteroatoms. The van der Waals surface area contributed by atoms with Crippen molar-refractivity contribution in [3.8, 4) is 0 Å². The van der Waals surface area contributed by atoms with Gasteiger partial charge in [-0.15, -0.1) is 0 Å². The van der Waals surface area contributed by atoms with E-state index >= 15 is 0 Å². The fourth-order valence-electron chi connectivity index (χ4n) is 3.03. The molecular formula is C14H16ClFN2O2. The highest BCUT2D eigenvalue weighted by Gasteiger charge is 2.51. The van der Waals surface area contributed by atoms with E-state index in [0.717, 1.165) is 18.9 Å². The van der Waals surface area contributed by atoms with Gasteiger partial charge in [0.05, 0.1) is 22.7 Å². The van der Waals surface area contributed by atoms with Crippen LogP contribution in [0.25, 0.3) is 0 Å². The summed E-state index contributed by atoms with van der Waals surface area (Å²) in [6.45, 7) is 0.706. The highest BCUT2D eigenvalue weighted by molar-refractivity contribution is 6.33. The van der Waals surface area contributed by atoms with E-state index in [1.54, 1.807) is 0 Å². The Kier molecular flexibility index (Phi) is 3.67. The van der Waals surface area contributed by atoms with Crippen molar-refractivity contribution >= 4 is 17.5 Å². The predicted octanol–water partition coefficient (Wildman–Crippen LogP) is 1.71. The fraction of sp³-hybridized carbons (Fsp3) is 0.500. The molecule has 3 rings (SSSR count). The van der Waals surface area contributed by atoms with Crippen LogP contribution < -0.4 is 11.1 Å². The largest absolute Gasteiger partial charge is 0.376 e. The van der Waals surface area contributed by atoms with Crippen LogP contribution in [0.1, 0.15) is 23.2 Å². The summed E-state index contributed by atoms with van der Waals surface area (Å²) in [5.41, 5.74) is 6.33. The highest BCUT2D eigenvalue weighted by atomic mass is 35.5. The Morgan fingerprint density at radius 2 is 2.30 bits per heavy atom. The van der Waals surface area contributed by atoms with E-state index < -0.39 is 5.82 Å². The Balaban J connectivity index is 1.70. The Labute approximate surface area is 121 Å². The summed E-state index contributed by atoms with van der Waals surface area (Å²) in [5, 5.41) is 2.94. The lowest BCUT2D eigenvalue weighted by atomic mass is 9.68. The number of fused-ring (bicyclic) bond motifs is 1. The Morgan fingerprint density at radius 3 is 3.05 bits per heavy atom. The lowest BCUT2D eigenvalue weighted by molar-refractivity contribution is -0.117. The van der Waals surface area contributed by atoms with E-state index in [9.17, 15) is 9.18 Å². The van der Waals surface area contributed by atoms with Crippen LogP contribution in [0.3, 0.4) is 0 Å². The third-order valence-corrected chi connectivity index (χ3v) is 4.46. The molecule has 20 heavy (non-hydrogen) atoms. The summed E-state index contributed by atoms with van der Waals surface area (Å²) >= 11 is 5.88. The molecule has 108 valence electrons. The van der Waals surface area contributed by atoms with Gasteiger partial charge in [-0.2, -0.15) is 0 Å². The zero-order chi connectivity index (χ0) is 14.3. The van der Waals surface area contributed by atoms with Crippen LogP contribution in [0.5, 0.6) is 0 Å². The summed E-state index contributed by atoms with van der Waals surface area (Å²) in [6.07, 6.45) is 2.04. The van der Waals surface area contributed by atoms with Gasteiger partial charge < -0.3 is 15.8 Å². The lowest BCUT2D eigenvalue weighted by Gasteiger charge is -2.52. The van der Waals surface area contributed by atoms with Crippen molar-refractivity contribution in [2.75, 3.05) is 6.61 Å². The Morgan fingerprint density at radius 1 is 1.50 bits per heavy atom. The van der Waals surface area contributed by atoms with Crippen LogP contribution >= 0.6 is 11.6 Å². The molecule has 4 unspecified atom stereocenters. The maximum absolute atomic E-state index is 13.0. The molecule has 1 aliphatic heterocycles. The van der Waals surface area contributed by atoms with Gasteiger partial charge in [0.2, 0.25) is 0 Å². The first kappa shape index (κ1) is 13.8. The van der Waals surface area contributed by atoms with Gasteiger partial charge in [-0.25, -0.2) is 4.39 Å². The first-order chi connectivity index (χ1) is 9.58. The predicted molar refractivity (Wildman–Crippen MR) is 73.1 cm³/mol. The van der Waals surface area contributed by atoms with E-state index in [2.05, 4.69) is 5.32 Å². The third kappa shape index (κ3) is 2.30. The van der Waals surface area contributed by atoms with Crippen molar-refractivity contribution < 1.29 is 13.9 Å². The van der Waals surface area contributed by atoms with Crippen molar-refractivity contribution in [1.82, 2.24) is 5.32 Å². The van der Waals surface area contributed by atoms with E-state index in [0.29, 0.717) is 12.5 Å². The first-order valence-corrected chi connectivity index (χ1v) is 7.09. The third-order valence-electron chi connectivity index (χ3n) is 4.15. The molecule has 1 aliphatic carbocycles. The van der Waals surface area contributed by atoms with Crippen LogP contribution in [0.15, 0.2) is 18.2 Å².